The minimum atomic E-state index is -0.560. The van der Waals surface area contributed by atoms with E-state index in [2.05, 4.69) is 14.5 Å². The third kappa shape index (κ3) is 3.85. The van der Waals surface area contributed by atoms with E-state index in [1.807, 2.05) is 0 Å². The molecule has 0 amide bonds. The van der Waals surface area contributed by atoms with Crippen LogP contribution >= 0.6 is 11.6 Å². The van der Waals surface area contributed by atoms with Crippen molar-refractivity contribution in [1.82, 2.24) is 4.98 Å². The number of halogens is 1. The first-order chi connectivity index (χ1) is 8.58. The molecule has 0 fully saturated rings. The molecule has 0 saturated heterocycles. The van der Waals surface area contributed by atoms with Gasteiger partial charge in [-0.1, -0.05) is 23.8 Å². The van der Waals surface area contributed by atoms with Gasteiger partial charge in [0.2, 0.25) is 0 Å². The van der Waals surface area contributed by atoms with Crippen LogP contribution < -0.4 is 0 Å². The first-order valence-electron chi connectivity index (χ1n) is 5.05. The first kappa shape index (κ1) is 14.2. The predicted molar refractivity (Wildman–Crippen MR) is 66.3 cm³/mol. The zero-order valence-electron chi connectivity index (χ0n) is 9.97. The molecule has 0 spiro atoms. The number of aromatic nitrogens is 1. The Labute approximate surface area is 109 Å². The molecular weight excluding hydrogens is 258 g/mol. The van der Waals surface area contributed by atoms with Gasteiger partial charge in [-0.05, 0) is 11.6 Å². The number of methoxy groups -OCH3 is 2. The van der Waals surface area contributed by atoms with Crippen LogP contribution in [0.5, 0.6) is 0 Å². The van der Waals surface area contributed by atoms with Crippen molar-refractivity contribution in [1.29, 1.82) is 0 Å². The summed E-state index contributed by atoms with van der Waals surface area (Å²) in [6.45, 7) is 0. The number of hydrogen-bond donors (Lipinski definition) is 0. The van der Waals surface area contributed by atoms with Gasteiger partial charge in [0.05, 0.1) is 26.2 Å². The van der Waals surface area contributed by atoms with Crippen LogP contribution in [0.4, 0.5) is 0 Å². The Kier molecular flexibility index (Phi) is 5.32. The Balaban J connectivity index is 2.85. The fourth-order valence-electron chi connectivity index (χ4n) is 1.18. The lowest BCUT2D eigenvalue weighted by molar-refractivity contribution is -0.139. The van der Waals surface area contributed by atoms with E-state index in [-0.39, 0.29) is 23.1 Å². The third-order valence-corrected chi connectivity index (χ3v) is 2.39. The molecule has 0 aliphatic rings. The van der Waals surface area contributed by atoms with E-state index in [1.54, 1.807) is 12.2 Å². The van der Waals surface area contributed by atoms with Crippen LogP contribution in [0, 0.1) is 0 Å². The lowest BCUT2D eigenvalue weighted by atomic mass is 10.2. The quantitative estimate of drug-likeness (QED) is 0.619. The molecule has 0 radical (unpaired) electrons. The lowest BCUT2D eigenvalue weighted by Gasteiger charge is -2.02. The second kappa shape index (κ2) is 6.76. The highest BCUT2D eigenvalue weighted by atomic mass is 35.5. The number of carbonyl (C=O) groups excluding carboxylic acids is 2. The highest BCUT2D eigenvalue weighted by Crippen LogP contribution is 2.16. The second-order valence-corrected chi connectivity index (χ2v) is 3.64. The molecule has 5 nitrogen and oxygen atoms in total. The van der Waals surface area contributed by atoms with Crippen LogP contribution in [0.3, 0.4) is 0 Å². The number of ether oxygens (including phenoxy) is 2. The van der Waals surface area contributed by atoms with Gasteiger partial charge < -0.3 is 9.47 Å². The number of nitrogens with zero attached hydrogens (tertiary/aromatic N) is 1. The van der Waals surface area contributed by atoms with Gasteiger partial charge in [-0.25, -0.2) is 9.78 Å². The third-order valence-electron chi connectivity index (χ3n) is 2.09. The summed E-state index contributed by atoms with van der Waals surface area (Å²) in [5.41, 5.74) is 0.822. The molecule has 1 rings (SSSR count). The Morgan fingerprint density at radius 2 is 2.11 bits per heavy atom. The van der Waals surface area contributed by atoms with E-state index >= 15 is 0 Å². The zero-order valence-corrected chi connectivity index (χ0v) is 10.7. The predicted octanol–water partition coefficient (Wildman–Crippen LogP) is 2.10. The summed E-state index contributed by atoms with van der Waals surface area (Å²) >= 11 is 5.77. The maximum absolute atomic E-state index is 11.4. The molecule has 0 atom stereocenters. The first-order valence-corrected chi connectivity index (χ1v) is 5.43. The van der Waals surface area contributed by atoms with Crippen LogP contribution in [-0.2, 0) is 14.3 Å². The molecule has 18 heavy (non-hydrogen) atoms. The summed E-state index contributed by atoms with van der Waals surface area (Å²) in [4.78, 5) is 26.1. The van der Waals surface area contributed by atoms with Crippen LogP contribution in [0.15, 0.2) is 18.3 Å². The maximum atomic E-state index is 11.4. The molecule has 1 aromatic rings. The van der Waals surface area contributed by atoms with Gasteiger partial charge in [-0.2, -0.15) is 0 Å². The molecule has 0 bridgehead atoms. The van der Waals surface area contributed by atoms with Gasteiger partial charge in [0.15, 0.2) is 0 Å². The van der Waals surface area contributed by atoms with Gasteiger partial charge in [0.25, 0.3) is 0 Å². The summed E-state index contributed by atoms with van der Waals surface area (Å²) in [6, 6.07) is 1.54. The van der Waals surface area contributed by atoms with Gasteiger partial charge in [-0.3, -0.25) is 4.79 Å². The summed E-state index contributed by atoms with van der Waals surface area (Å²) in [6.07, 6.45) is 4.89. The molecule has 0 aliphatic carbocycles. The van der Waals surface area contributed by atoms with Crippen LogP contribution in [0.25, 0.3) is 6.08 Å². The second-order valence-electron chi connectivity index (χ2n) is 3.28. The van der Waals surface area contributed by atoms with Gasteiger partial charge in [0, 0.05) is 6.20 Å². The molecule has 1 heterocycles. The molecular formula is C12H12ClNO4. The van der Waals surface area contributed by atoms with Crippen LogP contribution in [0.1, 0.15) is 22.3 Å². The van der Waals surface area contributed by atoms with Crippen molar-refractivity contribution in [3.8, 4) is 0 Å². The van der Waals surface area contributed by atoms with E-state index in [4.69, 9.17) is 11.6 Å². The normalized spacial score (nSPS) is 10.4. The fraction of sp³-hybridized carbons (Fsp3) is 0.250. The summed E-state index contributed by atoms with van der Waals surface area (Å²) in [7, 11) is 2.58. The van der Waals surface area contributed by atoms with Gasteiger partial charge in [0.1, 0.15) is 5.15 Å². The SMILES string of the molecule is COC(=O)CC=Cc1cnc(Cl)c(C(=O)OC)c1. The largest absolute Gasteiger partial charge is 0.469 e. The lowest BCUT2D eigenvalue weighted by Crippen LogP contribution is -2.03. The molecule has 0 unspecified atom stereocenters. The van der Waals surface area contributed by atoms with E-state index in [0.29, 0.717) is 5.56 Å². The number of pyridine rings is 1. The van der Waals surface area contributed by atoms with Gasteiger partial charge in [-0.15, -0.1) is 0 Å². The zero-order chi connectivity index (χ0) is 13.5. The topological polar surface area (TPSA) is 65.5 Å². The average molecular weight is 270 g/mol. The molecule has 1 aromatic heterocycles. The van der Waals surface area contributed by atoms with E-state index in [9.17, 15) is 9.59 Å². The van der Waals surface area contributed by atoms with Crippen LogP contribution in [0.2, 0.25) is 5.15 Å². The molecule has 0 saturated carbocycles. The molecule has 6 heteroatoms. The number of rotatable bonds is 4. The number of hydrogen-bond acceptors (Lipinski definition) is 5. The fourth-order valence-corrected chi connectivity index (χ4v) is 1.36. The highest BCUT2D eigenvalue weighted by molar-refractivity contribution is 6.32. The van der Waals surface area contributed by atoms with E-state index < -0.39 is 5.97 Å². The summed E-state index contributed by atoms with van der Waals surface area (Å²) < 4.78 is 9.06. The maximum Gasteiger partial charge on any atom is 0.341 e. The minimum absolute atomic E-state index is 0.0759. The Morgan fingerprint density at radius 3 is 2.72 bits per heavy atom. The number of esters is 2. The minimum Gasteiger partial charge on any atom is -0.469 e. The van der Waals surface area contributed by atoms with Crippen molar-refractivity contribution >= 4 is 29.6 Å². The van der Waals surface area contributed by atoms with Crippen molar-refractivity contribution in [2.45, 2.75) is 6.42 Å². The molecule has 96 valence electrons. The van der Waals surface area contributed by atoms with Crippen molar-refractivity contribution < 1.29 is 19.1 Å². The smallest absolute Gasteiger partial charge is 0.341 e. The Morgan fingerprint density at radius 1 is 1.39 bits per heavy atom. The molecule has 0 aliphatic heterocycles. The Hall–Kier alpha value is -1.88. The average Bonchev–Trinajstić information content (AvgIpc) is 2.39. The van der Waals surface area contributed by atoms with Crippen molar-refractivity contribution in [2.75, 3.05) is 14.2 Å². The summed E-state index contributed by atoms with van der Waals surface area (Å²) in [5, 5.41) is 0.0759. The van der Waals surface area contributed by atoms with Crippen molar-refractivity contribution in [2.24, 2.45) is 0 Å². The standard InChI is InChI=1S/C12H12ClNO4/c1-17-10(15)5-3-4-8-6-9(12(16)18-2)11(13)14-7-8/h3-4,6-7H,5H2,1-2H3. The highest BCUT2D eigenvalue weighted by Gasteiger charge is 2.11. The van der Waals surface area contributed by atoms with E-state index in [1.165, 1.54) is 26.5 Å². The Bertz CT molecular complexity index is 485. The monoisotopic (exact) mass is 269 g/mol. The molecule has 0 N–H and O–H groups in total. The van der Waals surface area contributed by atoms with Crippen molar-refractivity contribution in [3.05, 3.63) is 34.6 Å². The van der Waals surface area contributed by atoms with Crippen LogP contribution in [-0.4, -0.2) is 31.1 Å². The van der Waals surface area contributed by atoms with Crippen molar-refractivity contribution in [3.63, 3.8) is 0 Å². The van der Waals surface area contributed by atoms with E-state index in [0.717, 1.165) is 0 Å². The van der Waals surface area contributed by atoms with Gasteiger partial charge >= 0.3 is 11.9 Å². The number of carbonyl (C=O) groups is 2. The molecule has 0 aromatic carbocycles. The summed E-state index contributed by atoms with van der Waals surface area (Å²) in [5.74, 6) is -0.905.